The third-order valence-corrected chi connectivity index (χ3v) is 3.96. The Kier molecular flexibility index (Phi) is 2.56. The Morgan fingerprint density at radius 3 is 3.29 bits per heavy atom. The number of hydrogen-bond donors (Lipinski definition) is 2. The maximum absolute atomic E-state index is 9.15. The van der Waals surface area contributed by atoms with E-state index in [-0.39, 0.29) is 0 Å². The smallest absolute Gasteiger partial charge is 0.193 e. The van der Waals surface area contributed by atoms with Crippen molar-refractivity contribution >= 4 is 17.2 Å². The molecule has 1 aliphatic heterocycles. The second-order valence-electron chi connectivity index (χ2n) is 3.93. The summed E-state index contributed by atoms with van der Waals surface area (Å²) in [5.74, 6) is 0.555. The van der Waals surface area contributed by atoms with E-state index in [1.54, 1.807) is 23.9 Å². The van der Waals surface area contributed by atoms with Gasteiger partial charge in [-0.3, -0.25) is 0 Å². The lowest BCUT2D eigenvalue weighted by atomic mass is 10.1. The van der Waals surface area contributed by atoms with Gasteiger partial charge >= 0.3 is 0 Å². The number of aromatic amines is 1. The monoisotopic (exact) mass is 248 g/mol. The Morgan fingerprint density at radius 1 is 1.59 bits per heavy atom. The average Bonchev–Trinajstić information content (AvgIpc) is 2.99. The average molecular weight is 248 g/mol. The van der Waals surface area contributed by atoms with Crippen LogP contribution >= 0.6 is 11.3 Å². The fraction of sp³-hybridized carbons (Fsp3) is 0.273. The van der Waals surface area contributed by atoms with E-state index in [0.717, 1.165) is 25.2 Å². The Morgan fingerprint density at radius 2 is 2.53 bits per heavy atom. The van der Waals surface area contributed by atoms with E-state index in [1.165, 1.54) is 10.4 Å². The van der Waals surface area contributed by atoms with Crippen molar-refractivity contribution in [3.8, 4) is 0 Å². The molecule has 3 heterocycles. The van der Waals surface area contributed by atoms with Gasteiger partial charge in [-0.2, -0.15) is 0 Å². The van der Waals surface area contributed by atoms with E-state index in [2.05, 4.69) is 31.5 Å². The zero-order valence-corrected chi connectivity index (χ0v) is 9.94. The van der Waals surface area contributed by atoms with E-state index in [1.807, 2.05) is 0 Å². The first-order valence-electron chi connectivity index (χ1n) is 5.39. The molecule has 2 aromatic heterocycles. The summed E-state index contributed by atoms with van der Waals surface area (Å²) in [5.41, 5.74) is 2.06. The van der Waals surface area contributed by atoms with Gasteiger partial charge in [0.15, 0.2) is 5.84 Å². The van der Waals surface area contributed by atoms with Crippen LogP contribution in [-0.4, -0.2) is 32.5 Å². The molecule has 0 saturated heterocycles. The summed E-state index contributed by atoms with van der Waals surface area (Å²) in [5, 5.41) is 14.6. The van der Waals surface area contributed by atoms with Gasteiger partial charge in [-0.25, -0.2) is 4.98 Å². The normalized spacial score (nSPS) is 16.0. The highest BCUT2D eigenvalue weighted by Crippen LogP contribution is 2.24. The first-order valence-corrected chi connectivity index (χ1v) is 6.27. The van der Waals surface area contributed by atoms with Crippen LogP contribution in [0.1, 0.15) is 16.1 Å². The number of thiophene rings is 1. The van der Waals surface area contributed by atoms with Gasteiger partial charge in [0, 0.05) is 18.0 Å². The Bertz CT molecular complexity index is 531. The number of H-pyrrole nitrogens is 1. The Balaban J connectivity index is 1.87. The fourth-order valence-corrected chi connectivity index (χ4v) is 2.98. The Hall–Kier alpha value is -1.82. The molecule has 88 valence electrons. The molecule has 0 saturated carbocycles. The second kappa shape index (κ2) is 4.21. The second-order valence-corrected chi connectivity index (χ2v) is 4.93. The van der Waals surface area contributed by atoms with Gasteiger partial charge in [0.05, 0.1) is 12.5 Å². The molecular formula is C11H12N4OS. The minimum absolute atomic E-state index is 0.555. The predicted octanol–water partition coefficient (Wildman–Crippen LogP) is 1.67. The molecule has 6 heteroatoms. The molecule has 0 unspecified atom stereocenters. The predicted molar refractivity (Wildman–Crippen MR) is 65.3 cm³/mol. The zero-order valence-electron chi connectivity index (χ0n) is 9.13. The summed E-state index contributed by atoms with van der Waals surface area (Å²) in [6.45, 7) is 1.66. The van der Waals surface area contributed by atoms with Crippen molar-refractivity contribution in [2.75, 3.05) is 6.54 Å². The van der Waals surface area contributed by atoms with Crippen molar-refractivity contribution in [1.29, 1.82) is 0 Å². The van der Waals surface area contributed by atoms with Crippen LogP contribution in [0.2, 0.25) is 0 Å². The number of rotatable bonds is 1. The number of oxime groups is 1. The first kappa shape index (κ1) is 10.3. The summed E-state index contributed by atoms with van der Waals surface area (Å²) in [4.78, 5) is 10.4. The molecule has 0 aromatic carbocycles. The molecule has 0 fully saturated rings. The van der Waals surface area contributed by atoms with Crippen molar-refractivity contribution < 1.29 is 5.21 Å². The largest absolute Gasteiger partial charge is 0.409 e. The van der Waals surface area contributed by atoms with Crippen LogP contribution in [0.15, 0.2) is 29.1 Å². The molecule has 5 nitrogen and oxygen atoms in total. The lowest BCUT2D eigenvalue weighted by Gasteiger charge is -2.28. The van der Waals surface area contributed by atoms with Crippen molar-refractivity contribution in [2.45, 2.75) is 13.0 Å². The summed E-state index contributed by atoms with van der Waals surface area (Å²) in [6, 6.07) is 2.13. The van der Waals surface area contributed by atoms with Gasteiger partial charge < -0.3 is 15.1 Å². The summed E-state index contributed by atoms with van der Waals surface area (Å²) in [6.07, 6.45) is 4.25. The van der Waals surface area contributed by atoms with Gasteiger partial charge in [0.2, 0.25) is 0 Å². The number of nitrogens with zero attached hydrogens (tertiary/aromatic N) is 3. The first-order chi connectivity index (χ1) is 8.38. The van der Waals surface area contributed by atoms with Gasteiger partial charge in [-0.05, 0) is 23.4 Å². The highest BCUT2D eigenvalue weighted by molar-refractivity contribution is 7.10. The van der Waals surface area contributed by atoms with Crippen LogP contribution in [0.3, 0.4) is 0 Å². The standard InChI is InChI=1S/C11H12N4OS/c16-14-11(9-5-12-7-13-9)15-3-1-10-8(6-15)2-4-17-10/h2,4-5,7,16H,1,3,6H2,(H,12,13)/b14-11+. The highest BCUT2D eigenvalue weighted by Gasteiger charge is 2.22. The maximum atomic E-state index is 9.15. The fourth-order valence-electron chi connectivity index (χ4n) is 2.09. The minimum Gasteiger partial charge on any atom is -0.409 e. The molecule has 0 radical (unpaired) electrons. The van der Waals surface area contributed by atoms with Crippen LogP contribution in [0.5, 0.6) is 0 Å². The molecule has 2 N–H and O–H groups in total. The third-order valence-electron chi connectivity index (χ3n) is 2.94. The lowest BCUT2D eigenvalue weighted by molar-refractivity contribution is 0.296. The van der Waals surface area contributed by atoms with Crippen LogP contribution in [0.25, 0.3) is 0 Å². The molecule has 0 atom stereocenters. The van der Waals surface area contributed by atoms with E-state index in [9.17, 15) is 0 Å². The topological polar surface area (TPSA) is 64.5 Å². The number of nitrogens with one attached hydrogen (secondary N) is 1. The summed E-state index contributed by atoms with van der Waals surface area (Å²) in [7, 11) is 0. The minimum atomic E-state index is 0.555. The maximum Gasteiger partial charge on any atom is 0.193 e. The van der Waals surface area contributed by atoms with E-state index >= 15 is 0 Å². The van der Waals surface area contributed by atoms with Crippen LogP contribution in [0, 0.1) is 0 Å². The van der Waals surface area contributed by atoms with Crippen LogP contribution in [-0.2, 0) is 13.0 Å². The van der Waals surface area contributed by atoms with Crippen molar-refractivity contribution in [2.24, 2.45) is 5.16 Å². The molecule has 2 aromatic rings. The van der Waals surface area contributed by atoms with Crippen molar-refractivity contribution in [3.63, 3.8) is 0 Å². The third kappa shape index (κ3) is 1.80. The Labute approximate surface area is 102 Å². The van der Waals surface area contributed by atoms with E-state index in [0.29, 0.717) is 5.84 Å². The molecule has 0 bridgehead atoms. The number of amidine groups is 1. The lowest BCUT2D eigenvalue weighted by Crippen LogP contribution is -2.36. The molecular weight excluding hydrogens is 236 g/mol. The molecule has 3 rings (SSSR count). The van der Waals surface area contributed by atoms with Gasteiger partial charge in [-0.1, -0.05) is 5.16 Å². The molecule has 17 heavy (non-hydrogen) atoms. The number of hydrogen-bond acceptors (Lipinski definition) is 4. The quantitative estimate of drug-likeness (QED) is 0.349. The highest BCUT2D eigenvalue weighted by atomic mass is 32.1. The van der Waals surface area contributed by atoms with Gasteiger partial charge in [0.25, 0.3) is 0 Å². The van der Waals surface area contributed by atoms with Crippen molar-refractivity contribution in [3.05, 3.63) is 40.1 Å². The van der Waals surface area contributed by atoms with Crippen LogP contribution < -0.4 is 0 Å². The van der Waals surface area contributed by atoms with Crippen molar-refractivity contribution in [1.82, 2.24) is 14.9 Å². The summed E-state index contributed by atoms with van der Waals surface area (Å²) < 4.78 is 0. The number of imidazole rings is 1. The molecule has 1 aliphatic rings. The molecule has 0 amide bonds. The van der Waals surface area contributed by atoms with Gasteiger partial charge in [0.1, 0.15) is 5.69 Å². The molecule has 0 aliphatic carbocycles. The summed E-state index contributed by atoms with van der Waals surface area (Å²) >= 11 is 1.80. The SMILES string of the molecule is O/N=C(\c1cnc[nH]1)N1CCc2sccc2C1. The van der Waals surface area contributed by atoms with Gasteiger partial charge in [-0.15, -0.1) is 11.3 Å². The molecule has 0 spiro atoms. The zero-order chi connectivity index (χ0) is 11.7. The van der Waals surface area contributed by atoms with E-state index < -0.39 is 0 Å². The van der Waals surface area contributed by atoms with E-state index in [4.69, 9.17) is 5.21 Å². The van der Waals surface area contributed by atoms with Crippen LogP contribution in [0.4, 0.5) is 0 Å². The number of fused-ring (bicyclic) bond motifs is 1. The number of aromatic nitrogens is 2.